The quantitative estimate of drug-likeness (QED) is 0.254. The van der Waals surface area contributed by atoms with Crippen molar-refractivity contribution in [3.63, 3.8) is 0 Å². The summed E-state index contributed by atoms with van der Waals surface area (Å²) in [7, 11) is 0. The lowest BCUT2D eigenvalue weighted by molar-refractivity contribution is 0.610. The molecule has 0 heteroatoms. The van der Waals surface area contributed by atoms with Gasteiger partial charge in [0.2, 0.25) is 0 Å². The van der Waals surface area contributed by atoms with Crippen LogP contribution in [0.15, 0.2) is 24.3 Å². The van der Waals surface area contributed by atoms with Gasteiger partial charge in [-0.1, -0.05) is 69.8 Å². The Morgan fingerprint density at radius 3 is 1.61 bits per heavy atom. The highest BCUT2D eigenvalue weighted by molar-refractivity contribution is 4.84. The van der Waals surface area contributed by atoms with Gasteiger partial charge in [-0.2, -0.15) is 0 Å². The van der Waals surface area contributed by atoms with Crippen LogP contribution in [0.4, 0.5) is 0 Å². The number of hydrogen-bond donors (Lipinski definition) is 0. The molecule has 0 rings (SSSR count). The standard InChI is InChI=1S/C18H33/c1-3-5-7-9-11-13-15-17-18-16-14-12-10-8-6-4-2/h3,5,17-18H,1,4,6-16H2,2H3. The maximum absolute atomic E-state index is 3.69. The Balaban J connectivity index is 3.04. The molecule has 0 bridgehead atoms. The molecule has 0 unspecified atom stereocenters. The van der Waals surface area contributed by atoms with Gasteiger partial charge in [-0.15, -0.1) is 0 Å². The number of unbranched alkanes of at least 4 members (excludes halogenated alkanes) is 10. The van der Waals surface area contributed by atoms with Gasteiger partial charge in [0.25, 0.3) is 0 Å². The largest absolute Gasteiger partial charge is 0.0885 e. The third-order valence-corrected chi connectivity index (χ3v) is 3.30. The third kappa shape index (κ3) is 15.5. The van der Waals surface area contributed by atoms with Crippen LogP contribution in [0.5, 0.6) is 0 Å². The first-order valence-electron chi connectivity index (χ1n) is 8.01. The van der Waals surface area contributed by atoms with Crippen LogP contribution in [0.2, 0.25) is 0 Å². The summed E-state index contributed by atoms with van der Waals surface area (Å²) in [5, 5.41) is 0. The molecule has 0 saturated heterocycles. The van der Waals surface area contributed by atoms with Crippen LogP contribution in [0.1, 0.15) is 84.0 Å². The fourth-order valence-corrected chi connectivity index (χ4v) is 2.10. The third-order valence-electron chi connectivity index (χ3n) is 3.30. The first kappa shape index (κ1) is 17.5. The van der Waals surface area contributed by atoms with Crippen molar-refractivity contribution in [1.29, 1.82) is 0 Å². The molecule has 0 aromatic heterocycles. The monoisotopic (exact) mass is 249 g/mol. The maximum atomic E-state index is 3.69. The molecular formula is C18H33. The Morgan fingerprint density at radius 1 is 0.611 bits per heavy atom. The van der Waals surface area contributed by atoms with Gasteiger partial charge in [0, 0.05) is 0 Å². The van der Waals surface area contributed by atoms with Crippen molar-refractivity contribution in [2.24, 2.45) is 0 Å². The Labute approximate surface area is 116 Å². The Kier molecular flexibility index (Phi) is 16.0. The van der Waals surface area contributed by atoms with Crippen molar-refractivity contribution in [2.75, 3.05) is 0 Å². The van der Waals surface area contributed by atoms with Gasteiger partial charge in [0.1, 0.15) is 0 Å². The summed E-state index contributed by atoms with van der Waals surface area (Å²) in [5.74, 6) is 0. The molecular weight excluding hydrogens is 216 g/mol. The molecule has 0 aromatic carbocycles. The molecule has 0 heterocycles. The highest BCUT2D eigenvalue weighted by Crippen LogP contribution is 2.08. The number of allylic oxidation sites excluding steroid dienone is 4. The van der Waals surface area contributed by atoms with E-state index in [4.69, 9.17) is 0 Å². The minimum atomic E-state index is 1.20. The van der Waals surface area contributed by atoms with E-state index in [1.165, 1.54) is 77.0 Å². The summed E-state index contributed by atoms with van der Waals surface area (Å²) in [6, 6.07) is 0. The second-order valence-electron chi connectivity index (χ2n) is 5.14. The predicted molar refractivity (Wildman–Crippen MR) is 84.7 cm³/mol. The van der Waals surface area contributed by atoms with Gasteiger partial charge in [-0.3, -0.25) is 0 Å². The van der Waals surface area contributed by atoms with Gasteiger partial charge < -0.3 is 0 Å². The lowest BCUT2D eigenvalue weighted by atomic mass is 10.1. The highest BCUT2D eigenvalue weighted by Gasteiger charge is 1.88. The zero-order valence-corrected chi connectivity index (χ0v) is 12.5. The van der Waals surface area contributed by atoms with E-state index in [9.17, 15) is 0 Å². The second-order valence-corrected chi connectivity index (χ2v) is 5.14. The molecule has 0 amide bonds. The summed E-state index contributed by atoms with van der Waals surface area (Å²) < 4.78 is 0. The van der Waals surface area contributed by atoms with Gasteiger partial charge in [-0.25, -0.2) is 0 Å². The van der Waals surface area contributed by atoms with E-state index in [2.05, 4.69) is 32.1 Å². The molecule has 0 aliphatic heterocycles. The smallest absolute Gasteiger partial charge is 0.0316 e. The van der Waals surface area contributed by atoms with Crippen LogP contribution < -0.4 is 0 Å². The lowest BCUT2D eigenvalue weighted by Gasteiger charge is -1.98. The van der Waals surface area contributed by atoms with E-state index in [1.54, 1.807) is 0 Å². The molecule has 0 saturated carbocycles. The SMILES string of the molecule is [CH2]C=CCCCCCC=CCCCCCCCC. The van der Waals surface area contributed by atoms with E-state index in [0.29, 0.717) is 0 Å². The topological polar surface area (TPSA) is 0 Å². The number of rotatable bonds is 13. The fraction of sp³-hybridized carbons (Fsp3) is 0.722. The highest BCUT2D eigenvalue weighted by atomic mass is 13.9. The van der Waals surface area contributed by atoms with Gasteiger partial charge in [0.15, 0.2) is 0 Å². The van der Waals surface area contributed by atoms with E-state index < -0.39 is 0 Å². The van der Waals surface area contributed by atoms with Crippen molar-refractivity contribution < 1.29 is 0 Å². The van der Waals surface area contributed by atoms with Crippen LogP contribution >= 0.6 is 0 Å². The maximum Gasteiger partial charge on any atom is -0.0316 e. The Hall–Kier alpha value is -0.520. The Morgan fingerprint density at radius 2 is 1.06 bits per heavy atom. The van der Waals surface area contributed by atoms with Crippen LogP contribution in [-0.4, -0.2) is 0 Å². The zero-order chi connectivity index (χ0) is 13.3. The van der Waals surface area contributed by atoms with E-state index >= 15 is 0 Å². The minimum Gasteiger partial charge on any atom is -0.0885 e. The first-order chi connectivity index (χ1) is 8.91. The van der Waals surface area contributed by atoms with Crippen LogP contribution in [0.3, 0.4) is 0 Å². The van der Waals surface area contributed by atoms with Crippen molar-refractivity contribution in [3.05, 3.63) is 31.2 Å². The van der Waals surface area contributed by atoms with Crippen LogP contribution in [-0.2, 0) is 0 Å². The van der Waals surface area contributed by atoms with Gasteiger partial charge in [0.05, 0.1) is 0 Å². The molecule has 0 nitrogen and oxygen atoms in total. The molecule has 0 fully saturated rings. The summed E-state index contributed by atoms with van der Waals surface area (Å²) in [6.07, 6.45) is 25.0. The molecule has 0 N–H and O–H groups in total. The molecule has 105 valence electrons. The molecule has 1 radical (unpaired) electrons. The predicted octanol–water partition coefficient (Wildman–Crippen LogP) is 6.63. The lowest BCUT2D eigenvalue weighted by Crippen LogP contribution is -1.78. The molecule has 18 heavy (non-hydrogen) atoms. The van der Waals surface area contributed by atoms with Crippen LogP contribution in [0, 0.1) is 6.92 Å². The van der Waals surface area contributed by atoms with E-state index in [0.717, 1.165) is 0 Å². The van der Waals surface area contributed by atoms with Gasteiger partial charge in [-0.05, 0) is 45.4 Å². The fourth-order valence-electron chi connectivity index (χ4n) is 2.10. The molecule has 0 aliphatic rings. The summed E-state index contributed by atoms with van der Waals surface area (Å²) in [6.45, 7) is 5.97. The first-order valence-corrected chi connectivity index (χ1v) is 8.01. The molecule has 0 aliphatic carbocycles. The summed E-state index contributed by atoms with van der Waals surface area (Å²) in [5.41, 5.74) is 0. The Bertz CT molecular complexity index is 188. The number of hydrogen-bond acceptors (Lipinski definition) is 0. The normalized spacial score (nSPS) is 11.9. The van der Waals surface area contributed by atoms with Crippen molar-refractivity contribution in [3.8, 4) is 0 Å². The average Bonchev–Trinajstić information content (AvgIpc) is 2.39. The van der Waals surface area contributed by atoms with Crippen LogP contribution in [0.25, 0.3) is 0 Å². The average molecular weight is 249 g/mol. The van der Waals surface area contributed by atoms with Crippen molar-refractivity contribution in [1.82, 2.24) is 0 Å². The molecule has 0 aromatic rings. The van der Waals surface area contributed by atoms with E-state index in [-0.39, 0.29) is 0 Å². The van der Waals surface area contributed by atoms with Gasteiger partial charge >= 0.3 is 0 Å². The second kappa shape index (κ2) is 16.5. The molecule has 0 atom stereocenters. The van der Waals surface area contributed by atoms with E-state index in [1.807, 2.05) is 6.08 Å². The zero-order valence-electron chi connectivity index (χ0n) is 12.5. The van der Waals surface area contributed by atoms with Crippen molar-refractivity contribution >= 4 is 0 Å². The molecule has 0 spiro atoms. The minimum absolute atomic E-state index is 1.20. The summed E-state index contributed by atoms with van der Waals surface area (Å²) >= 11 is 0. The summed E-state index contributed by atoms with van der Waals surface area (Å²) in [4.78, 5) is 0. The van der Waals surface area contributed by atoms with Crippen molar-refractivity contribution in [2.45, 2.75) is 84.0 Å².